The third-order valence-corrected chi connectivity index (χ3v) is 5.44. The largest absolute Gasteiger partial charge is 0.497 e. The van der Waals surface area contributed by atoms with E-state index in [2.05, 4.69) is 16.0 Å². The number of hydrogen-bond donors (Lipinski definition) is 3. The zero-order chi connectivity index (χ0) is 21.3. The Labute approximate surface area is 186 Å². The number of carbonyl (C=O) groups is 1. The Morgan fingerprint density at radius 3 is 2.23 bits per heavy atom. The average molecular weight is 438 g/mol. The van der Waals surface area contributed by atoms with E-state index in [9.17, 15) is 4.79 Å². The molecule has 3 aromatic rings. The van der Waals surface area contributed by atoms with Gasteiger partial charge in [-0.1, -0.05) is 30.3 Å². The Kier molecular flexibility index (Phi) is 7.70. The lowest BCUT2D eigenvalue weighted by atomic mass is 10.3. The molecule has 0 aliphatic heterocycles. The number of carbonyl (C=O) groups excluding carboxylic acids is 1. The minimum absolute atomic E-state index is 0.0760. The predicted molar refractivity (Wildman–Crippen MR) is 130 cm³/mol. The Morgan fingerprint density at radius 1 is 0.867 bits per heavy atom. The molecule has 154 valence electrons. The van der Waals surface area contributed by atoms with E-state index in [0.29, 0.717) is 16.5 Å². The molecular formula is C23H23N3O2S2. The Hall–Kier alpha value is -3.03. The van der Waals surface area contributed by atoms with E-state index in [1.54, 1.807) is 13.2 Å². The van der Waals surface area contributed by atoms with Crippen molar-refractivity contribution >= 4 is 52.1 Å². The van der Waals surface area contributed by atoms with Crippen LogP contribution in [0.5, 0.6) is 5.75 Å². The summed E-state index contributed by atoms with van der Waals surface area (Å²) in [7, 11) is 1.60. The molecule has 0 saturated heterocycles. The quantitative estimate of drug-likeness (QED) is 0.329. The highest BCUT2D eigenvalue weighted by Gasteiger charge is 2.15. The summed E-state index contributed by atoms with van der Waals surface area (Å²) < 4.78 is 5.20. The van der Waals surface area contributed by atoms with Gasteiger partial charge in [-0.3, -0.25) is 4.79 Å². The van der Waals surface area contributed by atoms with Crippen LogP contribution in [0.25, 0.3) is 0 Å². The van der Waals surface area contributed by atoms with E-state index in [-0.39, 0.29) is 11.2 Å². The summed E-state index contributed by atoms with van der Waals surface area (Å²) in [4.78, 5) is 13.5. The van der Waals surface area contributed by atoms with Crippen molar-refractivity contribution in [3.05, 3.63) is 78.9 Å². The van der Waals surface area contributed by atoms with Crippen LogP contribution in [0.3, 0.4) is 0 Å². The van der Waals surface area contributed by atoms with Crippen molar-refractivity contribution in [1.82, 2.24) is 0 Å². The molecule has 0 aliphatic carbocycles. The third kappa shape index (κ3) is 6.50. The highest BCUT2D eigenvalue weighted by Crippen LogP contribution is 2.27. The molecule has 0 spiro atoms. The number of para-hydroxylation sites is 1. The van der Waals surface area contributed by atoms with Gasteiger partial charge in [-0.2, -0.15) is 0 Å². The first-order chi connectivity index (χ1) is 14.5. The molecule has 7 heteroatoms. The Morgan fingerprint density at radius 2 is 1.50 bits per heavy atom. The molecule has 30 heavy (non-hydrogen) atoms. The highest BCUT2D eigenvalue weighted by molar-refractivity contribution is 8.00. The predicted octanol–water partition coefficient (Wildman–Crippen LogP) is 5.62. The summed E-state index contributed by atoms with van der Waals surface area (Å²) in [5, 5.41) is 9.48. The molecule has 0 aromatic heterocycles. The van der Waals surface area contributed by atoms with Gasteiger partial charge in [-0.05, 0) is 61.6 Å². The first kappa shape index (κ1) is 21.7. The Bertz CT molecular complexity index is 1010. The van der Waals surface area contributed by atoms with E-state index in [0.717, 1.165) is 16.3 Å². The molecule has 0 aliphatic rings. The van der Waals surface area contributed by atoms with Gasteiger partial charge >= 0.3 is 0 Å². The molecule has 0 bridgehead atoms. The smallest absolute Gasteiger partial charge is 0.237 e. The van der Waals surface area contributed by atoms with Crippen molar-refractivity contribution in [2.75, 3.05) is 23.1 Å². The number of rotatable bonds is 7. The van der Waals surface area contributed by atoms with Crippen LogP contribution < -0.4 is 20.7 Å². The number of benzene rings is 3. The summed E-state index contributed by atoms with van der Waals surface area (Å²) >= 11 is 6.86. The maximum Gasteiger partial charge on any atom is 0.237 e. The molecule has 3 N–H and O–H groups in total. The van der Waals surface area contributed by atoms with Crippen LogP contribution in [0.1, 0.15) is 6.92 Å². The van der Waals surface area contributed by atoms with Gasteiger partial charge in [-0.15, -0.1) is 11.8 Å². The fourth-order valence-corrected chi connectivity index (χ4v) is 3.83. The summed E-state index contributed by atoms with van der Waals surface area (Å²) in [6.45, 7) is 1.88. The number of thiocarbonyl (C=S) groups is 1. The second-order valence-electron chi connectivity index (χ2n) is 6.45. The molecule has 1 atom stereocenters. The van der Waals surface area contributed by atoms with Gasteiger partial charge in [0, 0.05) is 28.0 Å². The highest BCUT2D eigenvalue weighted by atomic mass is 32.2. The van der Waals surface area contributed by atoms with E-state index in [1.165, 1.54) is 11.8 Å². The molecule has 3 rings (SSSR count). The first-order valence-corrected chi connectivity index (χ1v) is 10.7. The van der Waals surface area contributed by atoms with Gasteiger partial charge in [0.2, 0.25) is 5.91 Å². The Balaban J connectivity index is 1.57. The number of hydrogen-bond acceptors (Lipinski definition) is 4. The standard InChI is InChI=1S/C23H23N3O2S2/c1-16(22(27)24-18-10-6-12-20(14-18)28-2)30-21-13-7-11-19(15-21)26-23(29)25-17-8-4-3-5-9-17/h3-16H,1-2H3,(H,24,27)(H2,25,26,29). The van der Waals surface area contributed by atoms with E-state index < -0.39 is 0 Å². The average Bonchev–Trinajstić information content (AvgIpc) is 2.74. The first-order valence-electron chi connectivity index (χ1n) is 9.38. The number of nitrogens with one attached hydrogen (secondary N) is 3. The van der Waals surface area contributed by atoms with Crippen LogP contribution in [0.15, 0.2) is 83.8 Å². The summed E-state index contributed by atoms with van der Waals surface area (Å²) in [6.07, 6.45) is 0. The van der Waals surface area contributed by atoms with Gasteiger partial charge in [0.25, 0.3) is 0 Å². The molecule has 0 saturated carbocycles. The maximum absolute atomic E-state index is 12.6. The minimum atomic E-state index is -0.277. The lowest BCUT2D eigenvalue weighted by molar-refractivity contribution is -0.115. The number of thioether (sulfide) groups is 1. The number of methoxy groups -OCH3 is 1. The molecule has 0 heterocycles. The second-order valence-corrected chi connectivity index (χ2v) is 8.28. The minimum Gasteiger partial charge on any atom is -0.497 e. The van der Waals surface area contributed by atoms with Gasteiger partial charge in [0.1, 0.15) is 5.75 Å². The fourth-order valence-electron chi connectivity index (χ4n) is 2.66. The third-order valence-electron chi connectivity index (χ3n) is 4.14. The van der Waals surface area contributed by atoms with Gasteiger partial charge in [0.05, 0.1) is 12.4 Å². The van der Waals surface area contributed by atoms with Gasteiger partial charge < -0.3 is 20.7 Å². The lowest BCUT2D eigenvalue weighted by Gasteiger charge is -2.14. The van der Waals surface area contributed by atoms with Crippen LogP contribution in [0.4, 0.5) is 17.1 Å². The second kappa shape index (κ2) is 10.7. The van der Waals surface area contributed by atoms with E-state index in [4.69, 9.17) is 17.0 Å². The van der Waals surface area contributed by atoms with Crippen LogP contribution in [-0.4, -0.2) is 23.4 Å². The maximum atomic E-state index is 12.6. The van der Waals surface area contributed by atoms with Crippen molar-refractivity contribution < 1.29 is 9.53 Å². The SMILES string of the molecule is COc1cccc(NC(=O)C(C)Sc2cccc(NC(=S)Nc3ccccc3)c2)c1. The summed E-state index contributed by atoms with van der Waals surface area (Å²) in [5.74, 6) is 0.625. The molecule has 3 aromatic carbocycles. The summed E-state index contributed by atoms with van der Waals surface area (Å²) in [6, 6.07) is 24.9. The molecule has 0 fully saturated rings. The van der Waals surface area contributed by atoms with E-state index in [1.807, 2.05) is 79.7 Å². The van der Waals surface area contributed by atoms with Crippen molar-refractivity contribution in [1.29, 1.82) is 0 Å². The number of amides is 1. The van der Waals surface area contributed by atoms with Crippen LogP contribution in [-0.2, 0) is 4.79 Å². The van der Waals surface area contributed by atoms with Crippen molar-refractivity contribution in [3.63, 3.8) is 0 Å². The number of ether oxygens (including phenoxy) is 1. The zero-order valence-electron chi connectivity index (χ0n) is 16.7. The van der Waals surface area contributed by atoms with Gasteiger partial charge in [-0.25, -0.2) is 0 Å². The zero-order valence-corrected chi connectivity index (χ0v) is 18.3. The summed E-state index contributed by atoms with van der Waals surface area (Å²) in [5.41, 5.74) is 2.48. The molecular weight excluding hydrogens is 414 g/mol. The van der Waals surface area contributed by atoms with Crippen molar-refractivity contribution in [2.24, 2.45) is 0 Å². The van der Waals surface area contributed by atoms with Crippen LogP contribution >= 0.6 is 24.0 Å². The molecule has 5 nitrogen and oxygen atoms in total. The molecule has 1 unspecified atom stereocenters. The van der Waals surface area contributed by atoms with Crippen molar-refractivity contribution in [3.8, 4) is 5.75 Å². The monoisotopic (exact) mass is 437 g/mol. The van der Waals surface area contributed by atoms with Crippen LogP contribution in [0, 0.1) is 0 Å². The molecule has 0 radical (unpaired) electrons. The van der Waals surface area contributed by atoms with Crippen molar-refractivity contribution in [2.45, 2.75) is 17.1 Å². The van der Waals surface area contributed by atoms with Gasteiger partial charge in [0.15, 0.2) is 5.11 Å². The lowest BCUT2D eigenvalue weighted by Crippen LogP contribution is -2.22. The fraction of sp³-hybridized carbons (Fsp3) is 0.130. The molecule has 1 amide bonds. The normalized spacial score (nSPS) is 11.3. The topological polar surface area (TPSA) is 62.4 Å². The van der Waals surface area contributed by atoms with Crippen LogP contribution in [0.2, 0.25) is 0 Å². The number of anilines is 3. The van der Waals surface area contributed by atoms with E-state index >= 15 is 0 Å².